The van der Waals surface area contributed by atoms with E-state index in [1.54, 1.807) is 12.1 Å². The molecule has 0 aliphatic heterocycles. The third kappa shape index (κ3) is 4.84. The van der Waals surface area contributed by atoms with Gasteiger partial charge in [-0.2, -0.15) is 0 Å². The van der Waals surface area contributed by atoms with E-state index in [1.165, 1.54) is 12.1 Å². The van der Waals surface area contributed by atoms with Crippen molar-refractivity contribution in [3.8, 4) is 0 Å². The van der Waals surface area contributed by atoms with Crippen molar-refractivity contribution < 1.29 is 19.4 Å². The minimum atomic E-state index is -0.823. The van der Waals surface area contributed by atoms with Crippen LogP contribution in [-0.4, -0.2) is 28.2 Å². The molecule has 10 heteroatoms. The normalized spacial score (nSPS) is 10.1. The fourth-order valence-electron chi connectivity index (χ4n) is 2.26. The van der Waals surface area contributed by atoms with Gasteiger partial charge in [-0.25, -0.2) is 0 Å². The van der Waals surface area contributed by atoms with Gasteiger partial charge in [0.2, 0.25) is 0 Å². The summed E-state index contributed by atoms with van der Waals surface area (Å²) < 4.78 is 0. The molecule has 2 aromatic carbocycles. The van der Waals surface area contributed by atoms with Crippen LogP contribution in [-0.2, 0) is 0 Å². The first-order valence-corrected chi connectivity index (χ1v) is 7.96. The smallest absolute Gasteiger partial charge is 0.277 e. The summed E-state index contributed by atoms with van der Waals surface area (Å²) in [5.74, 6) is -1.20. The quantitative estimate of drug-likeness (QED) is 0.565. The van der Waals surface area contributed by atoms with Gasteiger partial charge in [-0.3, -0.25) is 29.8 Å². The molecule has 0 radical (unpaired) electrons. The standard InChI is InChI=1S/C17H16N4O6/c1-2-7-18-17(23)14-5-3-4-6-15(14)19-16(22)11-8-12(20(24)25)10-13(9-11)21(26)27/h3-6,8-10H,2,7H2,1H3,(H,18,23)(H,19,22). The molecule has 0 aromatic heterocycles. The van der Waals surface area contributed by atoms with E-state index in [0.717, 1.165) is 24.6 Å². The molecule has 2 N–H and O–H groups in total. The second kappa shape index (κ2) is 8.52. The van der Waals surface area contributed by atoms with Crippen molar-refractivity contribution >= 4 is 28.9 Å². The maximum atomic E-state index is 12.5. The highest BCUT2D eigenvalue weighted by molar-refractivity contribution is 6.09. The number of nitrogens with zero attached hydrogens (tertiary/aromatic N) is 2. The Morgan fingerprint density at radius 1 is 0.963 bits per heavy atom. The van der Waals surface area contributed by atoms with E-state index in [2.05, 4.69) is 10.6 Å². The molecule has 0 fully saturated rings. The summed E-state index contributed by atoms with van der Waals surface area (Å²) in [6, 6.07) is 8.85. The van der Waals surface area contributed by atoms with Gasteiger partial charge in [0, 0.05) is 18.7 Å². The predicted molar refractivity (Wildman–Crippen MR) is 96.8 cm³/mol. The fourth-order valence-corrected chi connectivity index (χ4v) is 2.26. The van der Waals surface area contributed by atoms with Crippen molar-refractivity contribution in [2.24, 2.45) is 0 Å². The molecule has 0 aliphatic rings. The number of hydrogen-bond acceptors (Lipinski definition) is 6. The van der Waals surface area contributed by atoms with Crippen molar-refractivity contribution in [1.29, 1.82) is 0 Å². The van der Waals surface area contributed by atoms with Gasteiger partial charge in [0.1, 0.15) is 0 Å². The lowest BCUT2D eigenvalue weighted by Gasteiger charge is -2.11. The second-order valence-corrected chi connectivity index (χ2v) is 5.51. The molecule has 2 amide bonds. The largest absolute Gasteiger partial charge is 0.352 e. The minimum Gasteiger partial charge on any atom is -0.352 e. The molecule has 0 aliphatic carbocycles. The number of hydrogen-bond donors (Lipinski definition) is 2. The number of carbonyl (C=O) groups is 2. The first-order chi connectivity index (χ1) is 12.8. The number of amides is 2. The SMILES string of the molecule is CCCNC(=O)c1ccccc1NC(=O)c1cc([N+](=O)[O-])cc([N+](=O)[O-])c1. The zero-order valence-corrected chi connectivity index (χ0v) is 14.3. The lowest BCUT2D eigenvalue weighted by atomic mass is 10.1. The van der Waals surface area contributed by atoms with Crippen LogP contribution >= 0.6 is 0 Å². The maximum Gasteiger partial charge on any atom is 0.277 e. The van der Waals surface area contributed by atoms with Gasteiger partial charge in [-0.15, -0.1) is 0 Å². The molecular weight excluding hydrogens is 356 g/mol. The van der Waals surface area contributed by atoms with Gasteiger partial charge in [-0.1, -0.05) is 19.1 Å². The van der Waals surface area contributed by atoms with Gasteiger partial charge in [0.25, 0.3) is 23.2 Å². The molecule has 0 bridgehead atoms. The van der Waals surface area contributed by atoms with Crippen LogP contribution in [0.3, 0.4) is 0 Å². The van der Waals surface area contributed by atoms with Crippen molar-refractivity contribution in [3.05, 3.63) is 73.8 Å². The number of anilines is 1. The summed E-state index contributed by atoms with van der Waals surface area (Å²) in [6.07, 6.45) is 0.734. The minimum absolute atomic E-state index is 0.185. The average Bonchev–Trinajstić information content (AvgIpc) is 2.65. The fraction of sp³-hybridized carbons (Fsp3) is 0.176. The summed E-state index contributed by atoms with van der Waals surface area (Å²) in [4.78, 5) is 44.9. The van der Waals surface area contributed by atoms with E-state index in [4.69, 9.17) is 0 Å². The number of rotatable bonds is 7. The Bertz CT molecular complexity index is 880. The number of para-hydroxylation sites is 1. The first-order valence-electron chi connectivity index (χ1n) is 7.96. The molecule has 0 saturated heterocycles. The van der Waals surface area contributed by atoms with Crippen LogP contribution in [0.1, 0.15) is 34.1 Å². The highest BCUT2D eigenvalue weighted by Crippen LogP contribution is 2.24. The highest BCUT2D eigenvalue weighted by atomic mass is 16.6. The summed E-state index contributed by atoms with van der Waals surface area (Å²) in [5.41, 5.74) is -1.03. The summed E-state index contributed by atoms with van der Waals surface area (Å²) in [5, 5.41) is 27.1. The molecule has 2 aromatic rings. The van der Waals surface area contributed by atoms with E-state index < -0.39 is 33.0 Å². The van der Waals surface area contributed by atoms with Crippen LogP contribution in [0.25, 0.3) is 0 Å². The van der Waals surface area contributed by atoms with Gasteiger partial charge in [-0.05, 0) is 18.6 Å². The van der Waals surface area contributed by atoms with E-state index in [1.807, 2.05) is 6.92 Å². The summed E-state index contributed by atoms with van der Waals surface area (Å²) >= 11 is 0. The lowest BCUT2D eigenvalue weighted by Crippen LogP contribution is -2.25. The van der Waals surface area contributed by atoms with Gasteiger partial charge in [0.15, 0.2) is 0 Å². The second-order valence-electron chi connectivity index (χ2n) is 5.51. The Labute approximate surface area is 153 Å². The van der Waals surface area contributed by atoms with Crippen molar-refractivity contribution in [2.45, 2.75) is 13.3 Å². The molecule has 10 nitrogen and oxygen atoms in total. The van der Waals surface area contributed by atoms with E-state index in [9.17, 15) is 29.8 Å². The number of nitro benzene ring substituents is 2. The monoisotopic (exact) mass is 372 g/mol. The molecule has 0 atom stereocenters. The predicted octanol–water partition coefficient (Wildman–Crippen LogP) is 2.90. The molecule has 0 saturated carbocycles. The Balaban J connectivity index is 2.34. The zero-order valence-electron chi connectivity index (χ0n) is 14.3. The van der Waals surface area contributed by atoms with Crippen LogP contribution < -0.4 is 10.6 Å². The van der Waals surface area contributed by atoms with Gasteiger partial charge in [0.05, 0.1) is 32.7 Å². The third-order valence-corrected chi connectivity index (χ3v) is 3.54. The number of nitro groups is 2. The molecule has 27 heavy (non-hydrogen) atoms. The molecule has 0 spiro atoms. The van der Waals surface area contributed by atoms with Crippen LogP contribution in [0.15, 0.2) is 42.5 Å². The molecule has 2 rings (SSSR count). The van der Waals surface area contributed by atoms with E-state index >= 15 is 0 Å². The van der Waals surface area contributed by atoms with Crippen LogP contribution in [0.5, 0.6) is 0 Å². The Morgan fingerprint density at radius 2 is 1.56 bits per heavy atom. The van der Waals surface area contributed by atoms with Gasteiger partial charge >= 0.3 is 0 Å². The van der Waals surface area contributed by atoms with Crippen molar-refractivity contribution in [2.75, 3.05) is 11.9 Å². The Kier molecular flexibility index (Phi) is 6.15. The van der Waals surface area contributed by atoms with Crippen LogP contribution in [0, 0.1) is 20.2 Å². The molecule has 0 heterocycles. The van der Waals surface area contributed by atoms with Gasteiger partial charge < -0.3 is 10.6 Å². The number of carbonyl (C=O) groups excluding carboxylic acids is 2. The molecule has 0 unspecified atom stereocenters. The Morgan fingerprint density at radius 3 is 2.11 bits per heavy atom. The number of non-ortho nitro benzene ring substituents is 2. The summed E-state index contributed by atoms with van der Waals surface area (Å²) in [6.45, 7) is 2.35. The average molecular weight is 372 g/mol. The Hall–Kier alpha value is -3.82. The summed E-state index contributed by atoms with van der Waals surface area (Å²) in [7, 11) is 0. The number of benzene rings is 2. The zero-order chi connectivity index (χ0) is 20.0. The third-order valence-electron chi connectivity index (χ3n) is 3.54. The van der Waals surface area contributed by atoms with E-state index in [0.29, 0.717) is 6.54 Å². The maximum absolute atomic E-state index is 12.5. The van der Waals surface area contributed by atoms with Crippen molar-refractivity contribution in [3.63, 3.8) is 0 Å². The first kappa shape index (κ1) is 19.5. The highest BCUT2D eigenvalue weighted by Gasteiger charge is 2.21. The lowest BCUT2D eigenvalue weighted by molar-refractivity contribution is -0.394. The molecular formula is C17H16N4O6. The molecule has 140 valence electrons. The van der Waals surface area contributed by atoms with Crippen LogP contribution in [0.4, 0.5) is 17.1 Å². The van der Waals surface area contributed by atoms with Crippen molar-refractivity contribution in [1.82, 2.24) is 5.32 Å². The number of nitrogens with one attached hydrogen (secondary N) is 2. The van der Waals surface area contributed by atoms with E-state index in [-0.39, 0.29) is 16.8 Å². The van der Waals surface area contributed by atoms with Crippen LogP contribution in [0.2, 0.25) is 0 Å². The topological polar surface area (TPSA) is 144 Å².